The van der Waals surface area contributed by atoms with Crippen molar-refractivity contribution < 1.29 is 27.9 Å². The van der Waals surface area contributed by atoms with Gasteiger partial charge in [-0.1, -0.05) is 26.0 Å². The fourth-order valence-electron chi connectivity index (χ4n) is 4.11. The van der Waals surface area contributed by atoms with Crippen molar-refractivity contribution in [2.24, 2.45) is 11.8 Å². The van der Waals surface area contributed by atoms with Crippen molar-refractivity contribution in [1.29, 1.82) is 0 Å². The Bertz CT molecular complexity index is 791. The largest absolute Gasteiger partial charge is 0.435 e. The molecule has 2 heterocycles. The first-order valence-corrected chi connectivity index (χ1v) is 9.57. The number of likely N-dealkylation sites (tertiary alicyclic amines) is 1. The molecule has 0 aliphatic carbocycles. The molecule has 0 spiro atoms. The maximum absolute atomic E-state index is 13.0. The fraction of sp³-hybridized carbons (Fsp3) is 0.550. The van der Waals surface area contributed by atoms with Crippen LogP contribution in [0.5, 0.6) is 5.75 Å². The van der Waals surface area contributed by atoms with Crippen molar-refractivity contribution in [1.82, 2.24) is 15.1 Å². The normalized spacial score (nSPS) is 27.4. The van der Waals surface area contributed by atoms with Gasteiger partial charge < -0.3 is 15.0 Å². The highest BCUT2D eigenvalue weighted by Gasteiger charge is 2.49. The van der Waals surface area contributed by atoms with E-state index in [9.17, 15) is 23.2 Å². The van der Waals surface area contributed by atoms with Gasteiger partial charge in [0.15, 0.2) is 0 Å². The van der Waals surface area contributed by atoms with Crippen molar-refractivity contribution in [2.45, 2.75) is 39.3 Å². The van der Waals surface area contributed by atoms with Gasteiger partial charge in [-0.25, -0.2) is 4.79 Å². The number of alkyl halides is 2. The Hall–Kier alpha value is -2.71. The summed E-state index contributed by atoms with van der Waals surface area (Å²) in [5.74, 6) is -0.145. The number of hydrogen-bond acceptors (Lipinski definition) is 4. The van der Waals surface area contributed by atoms with Crippen LogP contribution in [0, 0.1) is 11.8 Å². The zero-order valence-electron chi connectivity index (χ0n) is 16.7. The van der Waals surface area contributed by atoms with E-state index in [0.717, 1.165) is 11.3 Å². The van der Waals surface area contributed by atoms with Gasteiger partial charge >= 0.3 is 12.6 Å². The highest BCUT2D eigenvalue weighted by atomic mass is 19.3. The molecule has 0 aromatic heterocycles. The van der Waals surface area contributed by atoms with Crippen LogP contribution >= 0.6 is 0 Å². The molecule has 2 saturated heterocycles. The molecule has 2 aliphatic heterocycles. The zero-order valence-corrected chi connectivity index (χ0v) is 16.7. The Morgan fingerprint density at radius 2 is 1.79 bits per heavy atom. The minimum atomic E-state index is -2.95. The highest BCUT2D eigenvalue weighted by Crippen LogP contribution is 2.30. The van der Waals surface area contributed by atoms with Gasteiger partial charge in [0.05, 0.1) is 0 Å². The summed E-state index contributed by atoms with van der Waals surface area (Å²) in [7, 11) is 0. The van der Waals surface area contributed by atoms with E-state index in [0.29, 0.717) is 30.5 Å². The summed E-state index contributed by atoms with van der Waals surface area (Å²) in [5, 5.41) is 2.61. The second-order valence-corrected chi connectivity index (χ2v) is 8.09. The van der Waals surface area contributed by atoms with Gasteiger partial charge in [-0.15, -0.1) is 0 Å². The predicted octanol–water partition coefficient (Wildman–Crippen LogP) is 2.56. The molecule has 1 aromatic rings. The standard InChI is InChI=1S/C20H25F2N3O4/c1-12-8-13(2)10-24(9-12)16(26)11-25-17(27)20(3,23-19(25)28)14-4-6-15(7-5-14)29-18(21)22/h4-7,12-13,18H,8-11H2,1-3H3,(H,23,28). The van der Waals surface area contributed by atoms with E-state index in [-0.39, 0.29) is 18.2 Å². The van der Waals surface area contributed by atoms with Crippen molar-refractivity contribution in [2.75, 3.05) is 19.6 Å². The lowest BCUT2D eigenvalue weighted by Crippen LogP contribution is -2.48. The second kappa shape index (κ2) is 7.96. The number of piperidine rings is 1. The molecule has 9 heteroatoms. The minimum Gasteiger partial charge on any atom is -0.435 e. The number of carbonyl (C=O) groups is 3. The monoisotopic (exact) mass is 409 g/mol. The SMILES string of the molecule is CC1CC(C)CN(C(=O)CN2C(=O)NC(C)(c3ccc(OC(F)F)cc3)C2=O)C1. The average Bonchev–Trinajstić information content (AvgIpc) is 2.85. The molecule has 3 unspecified atom stereocenters. The quantitative estimate of drug-likeness (QED) is 0.758. The first-order chi connectivity index (χ1) is 13.6. The Balaban J connectivity index is 1.72. The lowest BCUT2D eigenvalue weighted by Gasteiger charge is -2.35. The number of benzene rings is 1. The van der Waals surface area contributed by atoms with Crippen LogP contribution in [-0.4, -0.2) is 53.9 Å². The van der Waals surface area contributed by atoms with Gasteiger partial charge in [-0.05, 0) is 42.9 Å². The van der Waals surface area contributed by atoms with Crippen LogP contribution in [0.15, 0.2) is 24.3 Å². The van der Waals surface area contributed by atoms with E-state index in [1.54, 1.807) is 4.90 Å². The number of halogens is 2. The highest BCUT2D eigenvalue weighted by molar-refractivity contribution is 6.09. The van der Waals surface area contributed by atoms with Crippen LogP contribution in [0.1, 0.15) is 32.8 Å². The summed E-state index contributed by atoms with van der Waals surface area (Å²) < 4.78 is 28.9. The molecule has 3 rings (SSSR count). The van der Waals surface area contributed by atoms with E-state index in [1.165, 1.54) is 31.2 Å². The predicted molar refractivity (Wildman–Crippen MR) is 100 cm³/mol. The molecule has 0 saturated carbocycles. The summed E-state index contributed by atoms with van der Waals surface area (Å²) in [6.45, 7) is 3.60. The lowest BCUT2D eigenvalue weighted by atomic mass is 9.91. The molecule has 29 heavy (non-hydrogen) atoms. The van der Waals surface area contributed by atoms with E-state index < -0.39 is 24.1 Å². The maximum Gasteiger partial charge on any atom is 0.387 e. The summed E-state index contributed by atoms with van der Waals surface area (Å²) in [6.07, 6.45) is 1.04. The van der Waals surface area contributed by atoms with Crippen LogP contribution in [-0.2, 0) is 15.1 Å². The van der Waals surface area contributed by atoms with E-state index >= 15 is 0 Å². The third-order valence-electron chi connectivity index (χ3n) is 5.45. The van der Waals surface area contributed by atoms with Crippen LogP contribution in [0.3, 0.4) is 0 Å². The molecule has 0 bridgehead atoms. The fourth-order valence-corrected chi connectivity index (χ4v) is 4.11. The number of ether oxygens (including phenoxy) is 1. The molecule has 3 atom stereocenters. The zero-order chi connectivity index (χ0) is 21.3. The van der Waals surface area contributed by atoms with Crippen molar-refractivity contribution in [3.8, 4) is 5.75 Å². The molecule has 158 valence electrons. The Labute approximate surface area is 168 Å². The van der Waals surface area contributed by atoms with Gasteiger partial charge in [0, 0.05) is 13.1 Å². The van der Waals surface area contributed by atoms with Crippen LogP contribution in [0.4, 0.5) is 13.6 Å². The Morgan fingerprint density at radius 3 is 2.34 bits per heavy atom. The molecule has 2 fully saturated rings. The average molecular weight is 409 g/mol. The van der Waals surface area contributed by atoms with Crippen molar-refractivity contribution in [3.63, 3.8) is 0 Å². The first-order valence-electron chi connectivity index (χ1n) is 9.57. The third kappa shape index (κ3) is 4.33. The van der Waals surface area contributed by atoms with Gasteiger partial charge in [0.2, 0.25) is 5.91 Å². The number of imide groups is 1. The smallest absolute Gasteiger partial charge is 0.387 e. The van der Waals surface area contributed by atoms with Gasteiger partial charge in [-0.3, -0.25) is 14.5 Å². The minimum absolute atomic E-state index is 0.0514. The number of nitrogens with zero attached hydrogens (tertiary/aromatic N) is 2. The number of hydrogen-bond donors (Lipinski definition) is 1. The topological polar surface area (TPSA) is 79.0 Å². The summed E-state index contributed by atoms with van der Waals surface area (Å²) in [5.41, 5.74) is -0.976. The summed E-state index contributed by atoms with van der Waals surface area (Å²) in [6, 6.07) is 4.83. The lowest BCUT2D eigenvalue weighted by molar-refractivity contribution is -0.140. The molecule has 2 aliphatic rings. The molecule has 7 nitrogen and oxygen atoms in total. The number of carbonyl (C=O) groups excluding carboxylic acids is 3. The summed E-state index contributed by atoms with van der Waals surface area (Å²) in [4.78, 5) is 40.7. The van der Waals surface area contributed by atoms with Gasteiger partial charge in [0.25, 0.3) is 5.91 Å². The van der Waals surface area contributed by atoms with Crippen LogP contribution in [0.25, 0.3) is 0 Å². The maximum atomic E-state index is 13.0. The van der Waals surface area contributed by atoms with E-state index in [2.05, 4.69) is 23.9 Å². The van der Waals surface area contributed by atoms with Crippen molar-refractivity contribution >= 4 is 17.8 Å². The molecule has 1 N–H and O–H groups in total. The summed E-state index contributed by atoms with van der Waals surface area (Å²) >= 11 is 0. The molecule has 4 amide bonds. The molecule has 1 aromatic carbocycles. The second-order valence-electron chi connectivity index (χ2n) is 8.09. The van der Waals surface area contributed by atoms with Crippen LogP contribution in [0.2, 0.25) is 0 Å². The number of rotatable bonds is 5. The van der Waals surface area contributed by atoms with Crippen LogP contribution < -0.4 is 10.1 Å². The number of urea groups is 1. The third-order valence-corrected chi connectivity index (χ3v) is 5.45. The molecule has 0 radical (unpaired) electrons. The van der Waals surface area contributed by atoms with Crippen molar-refractivity contribution in [3.05, 3.63) is 29.8 Å². The molecular formula is C20H25F2N3O4. The van der Waals surface area contributed by atoms with E-state index in [4.69, 9.17) is 0 Å². The first kappa shape index (κ1) is 21.0. The Kier molecular flexibility index (Phi) is 5.77. The number of amides is 4. The van der Waals surface area contributed by atoms with Gasteiger partial charge in [0.1, 0.15) is 17.8 Å². The number of nitrogens with one attached hydrogen (secondary N) is 1. The molecular weight excluding hydrogens is 384 g/mol. The Morgan fingerprint density at radius 1 is 1.21 bits per heavy atom. The van der Waals surface area contributed by atoms with Gasteiger partial charge in [-0.2, -0.15) is 8.78 Å². The van der Waals surface area contributed by atoms with E-state index in [1.807, 2.05) is 0 Å².